The fourth-order valence-electron chi connectivity index (χ4n) is 2.57. The molecule has 1 heteroatoms. The van der Waals surface area contributed by atoms with Crippen molar-refractivity contribution in [2.75, 3.05) is 4.90 Å². The lowest BCUT2D eigenvalue weighted by molar-refractivity contribution is 1.31. The average Bonchev–Trinajstić information content (AvgIpc) is 2.64. The van der Waals surface area contributed by atoms with E-state index in [-0.39, 0.29) is 0 Å². The van der Waals surface area contributed by atoms with Gasteiger partial charge < -0.3 is 4.90 Å². The predicted octanol–water partition coefficient (Wildman–Crippen LogP) is 5.83. The molecule has 0 saturated carbocycles. The summed E-state index contributed by atoms with van der Waals surface area (Å²) in [6.07, 6.45) is 0. The fourth-order valence-corrected chi connectivity index (χ4v) is 2.57. The van der Waals surface area contributed by atoms with Gasteiger partial charge in [-0.05, 0) is 23.3 Å². The number of benzene rings is 3. The first kappa shape index (κ1) is 14.9. The Labute approximate surface area is 137 Å². The lowest BCUT2D eigenvalue weighted by atomic mass is 10.1. The maximum atomic E-state index is 4.31. The molecule has 3 rings (SSSR count). The van der Waals surface area contributed by atoms with E-state index in [4.69, 9.17) is 0 Å². The van der Waals surface area contributed by atoms with E-state index in [1.807, 2.05) is 54.6 Å². The number of anilines is 1. The Bertz CT molecular complexity index is 738. The lowest BCUT2D eigenvalue weighted by Crippen LogP contribution is -2.18. The first-order chi connectivity index (χ1) is 11.3. The van der Waals surface area contributed by atoms with Crippen LogP contribution in [0.1, 0.15) is 11.1 Å². The molecule has 23 heavy (non-hydrogen) atoms. The van der Waals surface area contributed by atoms with E-state index in [1.54, 1.807) is 0 Å². The van der Waals surface area contributed by atoms with Crippen LogP contribution < -0.4 is 4.90 Å². The van der Waals surface area contributed by atoms with Crippen molar-refractivity contribution in [1.29, 1.82) is 0 Å². The third-order valence-corrected chi connectivity index (χ3v) is 3.77. The van der Waals surface area contributed by atoms with Crippen LogP contribution in [0.5, 0.6) is 0 Å². The monoisotopic (exact) mass is 297 g/mol. The minimum absolute atomic E-state index is 0.908. The standard InChI is InChI=1S/C22H19N/c1-18(20-12-6-3-7-13-20)23(22-16-10-5-11-17-22)19(2)21-14-8-4-9-15-21/h3-17H,1-2H2. The second kappa shape index (κ2) is 6.80. The van der Waals surface area contributed by atoms with Crippen LogP contribution in [0.4, 0.5) is 5.69 Å². The molecule has 0 aliphatic rings. The van der Waals surface area contributed by atoms with Crippen LogP contribution >= 0.6 is 0 Å². The molecule has 0 unspecified atom stereocenters. The molecule has 1 nitrogen and oxygen atoms in total. The highest BCUT2D eigenvalue weighted by Crippen LogP contribution is 2.32. The summed E-state index contributed by atoms with van der Waals surface area (Å²) in [5.41, 5.74) is 5.02. The van der Waals surface area contributed by atoms with Crippen molar-refractivity contribution < 1.29 is 0 Å². The van der Waals surface area contributed by atoms with Crippen LogP contribution in [0, 0.1) is 0 Å². The van der Waals surface area contributed by atoms with Gasteiger partial charge in [0.25, 0.3) is 0 Å². The topological polar surface area (TPSA) is 3.24 Å². The van der Waals surface area contributed by atoms with E-state index in [0.29, 0.717) is 0 Å². The summed E-state index contributed by atoms with van der Waals surface area (Å²) >= 11 is 0. The molecule has 0 fully saturated rings. The molecule has 0 amide bonds. The Balaban J connectivity index is 2.05. The van der Waals surface area contributed by atoms with Crippen LogP contribution in [-0.2, 0) is 0 Å². The first-order valence-electron chi connectivity index (χ1n) is 7.61. The Morgan fingerprint density at radius 1 is 0.522 bits per heavy atom. The lowest BCUT2D eigenvalue weighted by Gasteiger charge is -2.29. The van der Waals surface area contributed by atoms with E-state index in [2.05, 4.69) is 54.5 Å². The fraction of sp³-hybridized carbons (Fsp3) is 0. The molecule has 0 aromatic heterocycles. The smallest absolute Gasteiger partial charge is 0.0462 e. The number of hydrogen-bond acceptors (Lipinski definition) is 1. The highest BCUT2D eigenvalue weighted by atomic mass is 15.2. The number of rotatable bonds is 5. The van der Waals surface area contributed by atoms with Crippen molar-refractivity contribution in [3.8, 4) is 0 Å². The minimum atomic E-state index is 0.908. The van der Waals surface area contributed by atoms with Gasteiger partial charge in [0.2, 0.25) is 0 Å². The average molecular weight is 297 g/mol. The largest absolute Gasteiger partial charge is 0.310 e. The predicted molar refractivity (Wildman–Crippen MR) is 99.9 cm³/mol. The Morgan fingerprint density at radius 2 is 0.870 bits per heavy atom. The molecule has 0 heterocycles. The maximum Gasteiger partial charge on any atom is 0.0462 e. The van der Waals surface area contributed by atoms with Gasteiger partial charge in [-0.1, -0.05) is 92.0 Å². The highest BCUT2D eigenvalue weighted by Gasteiger charge is 2.16. The Hall–Kier alpha value is -3.06. The summed E-state index contributed by atoms with van der Waals surface area (Å²) in [4.78, 5) is 2.10. The highest BCUT2D eigenvalue weighted by molar-refractivity contribution is 5.93. The maximum absolute atomic E-state index is 4.31. The summed E-state index contributed by atoms with van der Waals surface area (Å²) in [6.45, 7) is 8.63. The molecule has 3 aromatic carbocycles. The van der Waals surface area contributed by atoms with E-state index in [9.17, 15) is 0 Å². The van der Waals surface area contributed by atoms with Gasteiger partial charge >= 0.3 is 0 Å². The van der Waals surface area contributed by atoms with Gasteiger partial charge in [-0.3, -0.25) is 0 Å². The summed E-state index contributed by atoms with van der Waals surface area (Å²) in [7, 11) is 0. The van der Waals surface area contributed by atoms with Gasteiger partial charge in [0, 0.05) is 17.1 Å². The normalized spacial score (nSPS) is 10.1. The Morgan fingerprint density at radius 3 is 1.26 bits per heavy atom. The van der Waals surface area contributed by atoms with Crippen molar-refractivity contribution in [3.63, 3.8) is 0 Å². The molecule has 0 atom stereocenters. The quantitative estimate of drug-likeness (QED) is 0.572. The van der Waals surface area contributed by atoms with Gasteiger partial charge in [0.15, 0.2) is 0 Å². The van der Waals surface area contributed by atoms with Crippen LogP contribution in [0.15, 0.2) is 104 Å². The molecule has 0 aliphatic heterocycles. The molecular weight excluding hydrogens is 278 g/mol. The summed E-state index contributed by atoms with van der Waals surface area (Å²) in [5.74, 6) is 0. The molecule has 0 saturated heterocycles. The third-order valence-electron chi connectivity index (χ3n) is 3.77. The molecule has 0 aliphatic carbocycles. The molecule has 3 aromatic rings. The van der Waals surface area contributed by atoms with Gasteiger partial charge in [0.05, 0.1) is 0 Å². The van der Waals surface area contributed by atoms with E-state index < -0.39 is 0 Å². The van der Waals surface area contributed by atoms with Crippen molar-refractivity contribution in [1.82, 2.24) is 0 Å². The van der Waals surface area contributed by atoms with Crippen molar-refractivity contribution in [2.45, 2.75) is 0 Å². The molecule has 0 bridgehead atoms. The van der Waals surface area contributed by atoms with E-state index in [0.717, 1.165) is 28.2 Å². The summed E-state index contributed by atoms with van der Waals surface area (Å²) in [5, 5.41) is 0. The molecular formula is C22H19N. The van der Waals surface area contributed by atoms with Gasteiger partial charge in [-0.15, -0.1) is 0 Å². The molecule has 0 radical (unpaired) electrons. The number of para-hydroxylation sites is 1. The van der Waals surface area contributed by atoms with Gasteiger partial charge in [-0.2, -0.15) is 0 Å². The van der Waals surface area contributed by atoms with Crippen molar-refractivity contribution >= 4 is 17.1 Å². The second-order valence-electron chi connectivity index (χ2n) is 5.30. The van der Waals surface area contributed by atoms with Gasteiger partial charge in [0.1, 0.15) is 0 Å². The van der Waals surface area contributed by atoms with Crippen molar-refractivity contribution in [3.05, 3.63) is 115 Å². The van der Waals surface area contributed by atoms with Crippen LogP contribution in [-0.4, -0.2) is 0 Å². The zero-order chi connectivity index (χ0) is 16.1. The van der Waals surface area contributed by atoms with Crippen molar-refractivity contribution in [2.24, 2.45) is 0 Å². The second-order valence-corrected chi connectivity index (χ2v) is 5.30. The summed E-state index contributed by atoms with van der Waals surface area (Å²) < 4.78 is 0. The van der Waals surface area contributed by atoms with Crippen LogP contribution in [0.3, 0.4) is 0 Å². The minimum Gasteiger partial charge on any atom is -0.310 e. The van der Waals surface area contributed by atoms with Crippen LogP contribution in [0.2, 0.25) is 0 Å². The van der Waals surface area contributed by atoms with Crippen LogP contribution in [0.25, 0.3) is 11.4 Å². The SMILES string of the molecule is C=C(c1ccccc1)N(C(=C)c1ccccc1)c1ccccc1. The summed E-state index contributed by atoms with van der Waals surface area (Å²) in [6, 6.07) is 30.6. The van der Waals surface area contributed by atoms with E-state index >= 15 is 0 Å². The first-order valence-corrected chi connectivity index (χ1v) is 7.61. The number of nitrogens with zero attached hydrogens (tertiary/aromatic N) is 1. The third kappa shape index (κ3) is 3.24. The molecule has 0 spiro atoms. The zero-order valence-electron chi connectivity index (χ0n) is 13.0. The Kier molecular flexibility index (Phi) is 4.39. The molecule has 112 valence electrons. The number of hydrogen-bond donors (Lipinski definition) is 0. The van der Waals surface area contributed by atoms with Gasteiger partial charge in [-0.25, -0.2) is 0 Å². The van der Waals surface area contributed by atoms with E-state index in [1.165, 1.54) is 0 Å². The molecule has 0 N–H and O–H groups in total. The zero-order valence-corrected chi connectivity index (χ0v) is 13.0.